The van der Waals surface area contributed by atoms with E-state index in [1.54, 1.807) is 11.3 Å². The number of hydrogen-bond donors (Lipinski definition) is 1. The molecule has 2 fully saturated rings. The van der Waals surface area contributed by atoms with Crippen LogP contribution in [0.4, 0.5) is 0 Å². The highest BCUT2D eigenvalue weighted by atomic mass is 32.1. The van der Waals surface area contributed by atoms with Crippen molar-refractivity contribution in [2.75, 3.05) is 39.3 Å². The Morgan fingerprint density at radius 1 is 1.43 bits per heavy atom. The van der Waals surface area contributed by atoms with Gasteiger partial charge in [-0.15, -0.1) is 11.3 Å². The van der Waals surface area contributed by atoms with E-state index in [-0.39, 0.29) is 5.92 Å². The number of aromatic nitrogens is 1. The number of amides is 1. The first kappa shape index (κ1) is 14.9. The third-order valence-corrected chi connectivity index (χ3v) is 5.20. The second-order valence-corrected chi connectivity index (χ2v) is 7.06. The summed E-state index contributed by atoms with van der Waals surface area (Å²) >= 11 is 1.71. The number of piperazine rings is 1. The fraction of sp³-hybridized carbons (Fsp3) is 0.733. The van der Waals surface area contributed by atoms with E-state index >= 15 is 0 Å². The Morgan fingerprint density at radius 3 is 2.86 bits per heavy atom. The van der Waals surface area contributed by atoms with Gasteiger partial charge in [0.25, 0.3) is 0 Å². The van der Waals surface area contributed by atoms with Gasteiger partial charge in [0.2, 0.25) is 5.91 Å². The summed E-state index contributed by atoms with van der Waals surface area (Å²) in [5.74, 6) is 0.554. The minimum Gasteiger partial charge on any atom is -0.340 e. The van der Waals surface area contributed by atoms with Gasteiger partial charge in [0.1, 0.15) is 0 Å². The highest BCUT2D eigenvalue weighted by Gasteiger charge is 2.28. The molecule has 5 nitrogen and oxygen atoms in total. The van der Waals surface area contributed by atoms with Crippen LogP contribution in [0.3, 0.4) is 0 Å². The van der Waals surface area contributed by atoms with Crippen molar-refractivity contribution in [3.8, 4) is 0 Å². The zero-order valence-electron chi connectivity index (χ0n) is 12.7. The lowest BCUT2D eigenvalue weighted by atomic mass is 9.98. The van der Waals surface area contributed by atoms with Gasteiger partial charge in [-0.05, 0) is 26.3 Å². The van der Waals surface area contributed by atoms with E-state index in [0.29, 0.717) is 5.91 Å². The van der Waals surface area contributed by atoms with Gasteiger partial charge >= 0.3 is 0 Å². The van der Waals surface area contributed by atoms with Gasteiger partial charge in [-0.25, -0.2) is 4.98 Å². The van der Waals surface area contributed by atoms with E-state index in [2.05, 4.69) is 25.5 Å². The molecule has 0 saturated carbocycles. The van der Waals surface area contributed by atoms with Crippen molar-refractivity contribution in [3.05, 3.63) is 16.1 Å². The fourth-order valence-corrected chi connectivity index (χ4v) is 3.76. The number of nitrogens with one attached hydrogen (secondary N) is 1. The van der Waals surface area contributed by atoms with Crippen LogP contribution in [0, 0.1) is 12.8 Å². The van der Waals surface area contributed by atoms with E-state index in [9.17, 15) is 4.79 Å². The van der Waals surface area contributed by atoms with Gasteiger partial charge < -0.3 is 10.2 Å². The molecule has 1 amide bonds. The molecule has 2 saturated heterocycles. The third-order valence-electron chi connectivity index (χ3n) is 4.38. The molecule has 1 aromatic rings. The molecular formula is C15H24N4OS. The maximum atomic E-state index is 12.5. The Bertz CT molecular complexity index is 476. The number of carbonyl (C=O) groups is 1. The van der Waals surface area contributed by atoms with Crippen molar-refractivity contribution in [1.29, 1.82) is 0 Å². The topological polar surface area (TPSA) is 48.5 Å². The lowest BCUT2D eigenvalue weighted by molar-refractivity contribution is -0.137. The molecule has 1 atom stereocenters. The summed E-state index contributed by atoms with van der Waals surface area (Å²) in [4.78, 5) is 21.5. The molecule has 0 radical (unpaired) electrons. The summed E-state index contributed by atoms with van der Waals surface area (Å²) in [7, 11) is 0. The summed E-state index contributed by atoms with van der Waals surface area (Å²) in [5, 5.41) is 6.60. The number of hydrogen-bond acceptors (Lipinski definition) is 5. The molecule has 0 aromatic carbocycles. The zero-order chi connectivity index (χ0) is 14.7. The molecule has 1 aromatic heterocycles. The lowest BCUT2D eigenvalue weighted by Gasteiger charge is -2.37. The van der Waals surface area contributed by atoms with Crippen LogP contribution < -0.4 is 5.32 Å². The Hall–Kier alpha value is -0.980. The first-order valence-electron chi connectivity index (χ1n) is 7.85. The predicted molar refractivity (Wildman–Crippen MR) is 84.3 cm³/mol. The number of thiazole rings is 1. The largest absolute Gasteiger partial charge is 0.340 e. The summed E-state index contributed by atoms with van der Waals surface area (Å²) in [6.45, 7) is 8.52. The van der Waals surface area contributed by atoms with Gasteiger partial charge in [-0.2, -0.15) is 0 Å². The van der Waals surface area contributed by atoms with Crippen LogP contribution >= 0.6 is 11.3 Å². The number of carbonyl (C=O) groups excluding carboxylic acids is 1. The summed E-state index contributed by atoms with van der Waals surface area (Å²) in [6, 6.07) is 0. The maximum absolute atomic E-state index is 12.5. The minimum absolute atomic E-state index is 0.200. The van der Waals surface area contributed by atoms with Crippen LogP contribution in [-0.2, 0) is 11.3 Å². The number of piperidine rings is 1. The molecule has 2 aliphatic rings. The summed E-state index contributed by atoms with van der Waals surface area (Å²) in [6.07, 6.45) is 2.17. The number of rotatable bonds is 3. The van der Waals surface area contributed by atoms with Gasteiger partial charge in [0.15, 0.2) is 0 Å². The van der Waals surface area contributed by atoms with E-state index in [1.807, 2.05) is 6.92 Å². The standard InChI is InChI=1S/C15H24N4OS/c1-12-17-14(11-21-12)10-18-5-7-19(8-6-18)15(20)13-3-2-4-16-9-13/h11,13,16H,2-10H2,1H3/t13-/m1/s1. The molecule has 3 heterocycles. The average Bonchev–Trinajstić information content (AvgIpc) is 2.93. The second-order valence-electron chi connectivity index (χ2n) is 6.00. The molecular weight excluding hydrogens is 284 g/mol. The SMILES string of the molecule is Cc1nc(CN2CCN(C(=O)[C@@H]3CCCNC3)CC2)cs1. The molecule has 3 rings (SSSR count). The van der Waals surface area contributed by atoms with E-state index in [1.165, 1.54) is 0 Å². The van der Waals surface area contributed by atoms with Crippen molar-refractivity contribution < 1.29 is 4.79 Å². The van der Waals surface area contributed by atoms with E-state index in [0.717, 1.165) is 69.4 Å². The summed E-state index contributed by atoms with van der Waals surface area (Å²) < 4.78 is 0. The molecule has 0 bridgehead atoms. The number of aryl methyl sites for hydroxylation is 1. The maximum Gasteiger partial charge on any atom is 0.227 e. The van der Waals surface area contributed by atoms with Crippen molar-refractivity contribution in [2.24, 2.45) is 5.92 Å². The van der Waals surface area contributed by atoms with Crippen LogP contribution in [0.25, 0.3) is 0 Å². The van der Waals surface area contributed by atoms with Gasteiger partial charge in [0, 0.05) is 44.6 Å². The van der Waals surface area contributed by atoms with Gasteiger partial charge in [-0.1, -0.05) is 0 Å². The van der Waals surface area contributed by atoms with Crippen LogP contribution in [0.15, 0.2) is 5.38 Å². The zero-order valence-corrected chi connectivity index (χ0v) is 13.5. The first-order chi connectivity index (χ1) is 10.2. The number of nitrogens with zero attached hydrogens (tertiary/aromatic N) is 3. The smallest absolute Gasteiger partial charge is 0.227 e. The van der Waals surface area contributed by atoms with Crippen molar-refractivity contribution in [3.63, 3.8) is 0 Å². The van der Waals surface area contributed by atoms with Crippen molar-refractivity contribution in [1.82, 2.24) is 20.1 Å². The molecule has 0 aliphatic carbocycles. The van der Waals surface area contributed by atoms with Crippen LogP contribution in [0.2, 0.25) is 0 Å². The highest BCUT2D eigenvalue weighted by molar-refractivity contribution is 7.09. The lowest BCUT2D eigenvalue weighted by Crippen LogP contribution is -2.51. The molecule has 2 aliphatic heterocycles. The highest BCUT2D eigenvalue weighted by Crippen LogP contribution is 2.16. The van der Waals surface area contributed by atoms with E-state index < -0.39 is 0 Å². The van der Waals surface area contributed by atoms with Crippen molar-refractivity contribution >= 4 is 17.2 Å². The van der Waals surface area contributed by atoms with Crippen molar-refractivity contribution in [2.45, 2.75) is 26.3 Å². The Morgan fingerprint density at radius 2 is 2.24 bits per heavy atom. The Kier molecular flexibility index (Phi) is 4.87. The second kappa shape index (κ2) is 6.85. The predicted octanol–water partition coefficient (Wildman–Crippen LogP) is 1.10. The molecule has 1 N–H and O–H groups in total. The average molecular weight is 308 g/mol. The molecule has 0 spiro atoms. The van der Waals surface area contributed by atoms with E-state index in [4.69, 9.17) is 0 Å². The Labute approximate surface area is 130 Å². The third kappa shape index (κ3) is 3.81. The van der Waals surface area contributed by atoms with Crippen LogP contribution in [0.5, 0.6) is 0 Å². The summed E-state index contributed by atoms with van der Waals surface area (Å²) in [5.41, 5.74) is 1.16. The first-order valence-corrected chi connectivity index (χ1v) is 8.73. The molecule has 21 heavy (non-hydrogen) atoms. The molecule has 6 heteroatoms. The van der Waals surface area contributed by atoms with Crippen LogP contribution in [-0.4, -0.2) is 60.0 Å². The normalized spacial score (nSPS) is 24.2. The van der Waals surface area contributed by atoms with Crippen LogP contribution in [0.1, 0.15) is 23.5 Å². The van der Waals surface area contributed by atoms with Gasteiger partial charge in [0.05, 0.1) is 16.6 Å². The monoisotopic (exact) mass is 308 g/mol. The minimum atomic E-state index is 0.200. The molecule has 116 valence electrons. The Balaban J connectivity index is 1.47. The van der Waals surface area contributed by atoms with Gasteiger partial charge in [-0.3, -0.25) is 9.69 Å². The molecule has 0 unspecified atom stereocenters. The quantitative estimate of drug-likeness (QED) is 0.908. The fourth-order valence-electron chi connectivity index (χ4n) is 3.16.